The minimum Gasteiger partial charge on any atom is -0.490 e. The molecule has 7 heteroatoms. The number of anilines is 2. The number of amides is 4. The van der Waals surface area contributed by atoms with Gasteiger partial charge in [0.1, 0.15) is 12.2 Å². The highest BCUT2D eigenvalue weighted by Crippen LogP contribution is 2.33. The molecular formula is C33H28N2O5. The van der Waals surface area contributed by atoms with Crippen molar-refractivity contribution >= 4 is 35.3 Å². The van der Waals surface area contributed by atoms with E-state index in [2.05, 4.69) is 6.07 Å². The lowest BCUT2D eigenvalue weighted by Gasteiger charge is -2.33. The standard InChI is InChI=1S/C33H28N2O5/c1-3-39-30-21-24(17-18-29(30)40-22-25-12-10-11-23(2)19-25)20-28-31(36)34(26-13-6-4-7-14-26)33(38)35(32(28)37)27-15-8-5-9-16-27/h4-21H,3,22H2,1-2H3. The largest absolute Gasteiger partial charge is 0.490 e. The van der Waals surface area contributed by atoms with E-state index in [4.69, 9.17) is 9.47 Å². The van der Waals surface area contributed by atoms with Crippen LogP contribution in [0.3, 0.4) is 0 Å². The summed E-state index contributed by atoms with van der Waals surface area (Å²) in [5.74, 6) is -0.382. The van der Waals surface area contributed by atoms with Gasteiger partial charge in [0.15, 0.2) is 11.5 Å². The fourth-order valence-electron chi connectivity index (χ4n) is 4.47. The predicted molar refractivity (Wildman–Crippen MR) is 154 cm³/mol. The molecule has 0 radical (unpaired) electrons. The smallest absolute Gasteiger partial charge is 0.343 e. The Hall–Kier alpha value is -5.17. The number of urea groups is 1. The highest BCUT2D eigenvalue weighted by molar-refractivity contribution is 6.46. The Bertz CT molecular complexity index is 1520. The van der Waals surface area contributed by atoms with E-state index < -0.39 is 17.8 Å². The molecule has 0 aromatic heterocycles. The van der Waals surface area contributed by atoms with Gasteiger partial charge in [0.2, 0.25) is 0 Å². The molecule has 1 aliphatic rings. The van der Waals surface area contributed by atoms with Crippen LogP contribution in [0.25, 0.3) is 6.08 Å². The maximum atomic E-state index is 13.6. The minimum absolute atomic E-state index is 0.150. The van der Waals surface area contributed by atoms with Gasteiger partial charge in [0.05, 0.1) is 18.0 Å². The molecule has 7 nitrogen and oxygen atoms in total. The van der Waals surface area contributed by atoms with Gasteiger partial charge in [-0.2, -0.15) is 0 Å². The number of carbonyl (C=O) groups is 3. The maximum absolute atomic E-state index is 13.6. The van der Waals surface area contributed by atoms with Gasteiger partial charge in [-0.25, -0.2) is 14.6 Å². The van der Waals surface area contributed by atoms with E-state index in [9.17, 15) is 14.4 Å². The number of nitrogens with zero attached hydrogens (tertiary/aromatic N) is 2. The number of ether oxygens (including phenoxy) is 2. The summed E-state index contributed by atoms with van der Waals surface area (Å²) in [6.07, 6.45) is 1.48. The number of benzene rings is 4. The molecule has 1 fully saturated rings. The zero-order valence-corrected chi connectivity index (χ0v) is 22.2. The monoisotopic (exact) mass is 532 g/mol. The van der Waals surface area contributed by atoms with Crippen molar-refractivity contribution in [2.24, 2.45) is 0 Å². The first-order valence-corrected chi connectivity index (χ1v) is 13.0. The van der Waals surface area contributed by atoms with E-state index in [-0.39, 0.29) is 5.57 Å². The third kappa shape index (κ3) is 5.49. The number of carbonyl (C=O) groups excluding carboxylic acids is 3. The zero-order valence-electron chi connectivity index (χ0n) is 22.2. The van der Waals surface area contributed by atoms with E-state index in [1.165, 1.54) is 6.08 Å². The lowest BCUT2D eigenvalue weighted by Crippen LogP contribution is -2.57. The van der Waals surface area contributed by atoms with Gasteiger partial charge in [-0.15, -0.1) is 0 Å². The molecule has 0 N–H and O–H groups in total. The van der Waals surface area contributed by atoms with Crippen molar-refractivity contribution in [1.29, 1.82) is 0 Å². The molecule has 1 heterocycles. The second-order valence-electron chi connectivity index (χ2n) is 9.21. The van der Waals surface area contributed by atoms with Gasteiger partial charge in [-0.3, -0.25) is 9.59 Å². The number of hydrogen-bond acceptors (Lipinski definition) is 5. The van der Waals surface area contributed by atoms with Gasteiger partial charge in [0.25, 0.3) is 11.8 Å². The first kappa shape index (κ1) is 26.4. The molecule has 1 saturated heterocycles. The summed E-state index contributed by atoms with van der Waals surface area (Å²) in [6.45, 7) is 4.65. The molecule has 4 amide bonds. The number of para-hydroxylation sites is 2. The van der Waals surface area contributed by atoms with Crippen LogP contribution in [0.5, 0.6) is 11.5 Å². The van der Waals surface area contributed by atoms with Gasteiger partial charge >= 0.3 is 6.03 Å². The molecule has 1 aliphatic heterocycles. The molecule has 0 aliphatic carbocycles. The molecule has 4 aromatic carbocycles. The third-order valence-electron chi connectivity index (χ3n) is 6.33. The van der Waals surface area contributed by atoms with Crippen molar-refractivity contribution in [3.05, 3.63) is 125 Å². The number of aryl methyl sites for hydroxylation is 1. The molecule has 0 bridgehead atoms. The third-order valence-corrected chi connectivity index (χ3v) is 6.33. The van der Waals surface area contributed by atoms with Crippen molar-refractivity contribution in [3.63, 3.8) is 0 Å². The van der Waals surface area contributed by atoms with Crippen LogP contribution in [0.15, 0.2) is 109 Å². The van der Waals surface area contributed by atoms with Gasteiger partial charge in [0, 0.05) is 0 Å². The molecule has 0 spiro atoms. The van der Waals surface area contributed by atoms with Crippen LogP contribution in [-0.4, -0.2) is 24.5 Å². The first-order chi connectivity index (χ1) is 19.5. The quantitative estimate of drug-likeness (QED) is 0.190. The van der Waals surface area contributed by atoms with E-state index in [0.29, 0.717) is 41.7 Å². The fraction of sp³-hybridized carbons (Fsp3) is 0.121. The van der Waals surface area contributed by atoms with Gasteiger partial charge < -0.3 is 9.47 Å². The van der Waals surface area contributed by atoms with E-state index in [0.717, 1.165) is 20.9 Å². The Kier molecular flexibility index (Phi) is 7.73. The summed E-state index contributed by atoms with van der Waals surface area (Å²) in [7, 11) is 0. The summed E-state index contributed by atoms with van der Waals surface area (Å²) >= 11 is 0. The summed E-state index contributed by atoms with van der Waals surface area (Å²) in [4.78, 5) is 42.8. The molecule has 4 aromatic rings. The maximum Gasteiger partial charge on any atom is 0.343 e. The number of rotatable bonds is 8. The second kappa shape index (κ2) is 11.7. The van der Waals surface area contributed by atoms with Gasteiger partial charge in [-0.1, -0.05) is 72.3 Å². The lowest BCUT2D eigenvalue weighted by molar-refractivity contribution is -0.121. The van der Waals surface area contributed by atoms with Crippen LogP contribution in [0, 0.1) is 6.92 Å². The average molecular weight is 533 g/mol. The Morgan fingerprint density at radius 1 is 0.675 bits per heavy atom. The summed E-state index contributed by atoms with van der Waals surface area (Å²) in [5, 5.41) is 0. The van der Waals surface area contributed by atoms with Crippen molar-refractivity contribution in [1.82, 2.24) is 0 Å². The highest BCUT2D eigenvalue weighted by atomic mass is 16.5. The van der Waals surface area contributed by atoms with Crippen LogP contribution < -0.4 is 19.3 Å². The van der Waals surface area contributed by atoms with Crippen molar-refractivity contribution < 1.29 is 23.9 Å². The van der Waals surface area contributed by atoms with Crippen LogP contribution in [-0.2, 0) is 16.2 Å². The molecular weight excluding hydrogens is 504 g/mol. The van der Waals surface area contributed by atoms with E-state index in [1.54, 1.807) is 78.9 Å². The Labute approximate surface area is 232 Å². The first-order valence-electron chi connectivity index (χ1n) is 13.0. The fourth-order valence-corrected chi connectivity index (χ4v) is 4.47. The topological polar surface area (TPSA) is 76.2 Å². The van der Waals surface area contributed by atoms with Gasteiger partial charge in [-0.05, 0) is 67.4 Å². The van der Waals surface area contributed by atoms with Crippen LogP contribution >= 0.6 is 0 Å². The highest BCUT2D eigenvalue weighted by Gasteiger charge is 2.43. The Balaban J connectivity index is 1.52. The molecule has 0 unspecified atom stereocenters. The lowest BCUT2D eigenvalue weighted by atomic mass is 10.0. The van der Waals surface area contributed by atoms with Crippen molar-refractivity contribution in [2.45, 2.75) is 20.5 Å². The van der Waals surface area contributed by atoms with Crippen molar-refractivity contribution in [3.8, 4) is 11.5 Å². The van der Waals surface area contributed by atoms with Crippen LogP contribution in [0.1, 0.15) is 23.6 Å². The molecule has 200 valence electrons. The number of barbiturate groups is 1. The van der Waals surface area contributed by atoms with E-state index >= 15 is 0 Å². The second-order valence-corrected chi connectivity index (χ2v) is 9.21. The average Bonchev–Trinajstić information content (AvgIpc) is 2.96. The Morgan fingerprint density at radius 2 is 1.30 bits per heavy atom. The summed E-state index contributed by atoms with van der Waals surface area (Å²) in [6, 6.07) is 29.6. The van der Waals surface area contributed by atoms with Crippen LogP contribution in [0.2, 0.25) is 0 Å². The molecule has 0 saturated carbocycles. The summed E-state index contributed by atoms with van der Waals surface area (Å²) in [5.41, 5.74) is 3.31. The normalized spacial score (nSPS) is 13.4. The summed E-state index contributed by atoms with van der Waals surface area (Å²) < 4.78 is 11.9. The van der Waals surface area contributed by atoms with E-state index in [1.807, 2.05) is 32.0 Å². The molecule has 40 heavy (non-hydrogen) atoms. The number of hydrogen-bond donors (Lipinski definition) is 0. The van der Waals surface area contributed by atoms with Crippen LogP contribution in [0.4, 0.5) is 16.2 Å². The Morgan fingerprint density at radius 3 is 1.88 bits per heavy atom. The SMILES string of the molecule is CCOc1cc(C=C2C(=O)N(c3ccccc3)C(=O)N(c3ccccc3)C2=O)ccc1OCc1cccc(C)c1. The predicted octanol–water partition coefficient (Wildman–Crippen LogP) is 6.56. The molecule has 0 atom stereocenters. The zero-order chi connectivity index (χ0) is 28.1. The van der Waals surface area contributed by atoms with Crippen molar-refractivity contribution in [2.75, 3.05) is 16.4 Å². The number of imide groups is 2. The molecule has 5 rings (SSSR count). The minimum atomic E-state index is -0.737.